The van der Waals surface area contributed by atoms with E-state index in [1.54, 1.807) is 18.4 Å². The zero-order chi connectivity index (χ0) is 10.8. The molecule has 0 amide bonds. The Kier molecular flexibility index (Phi) is 2.04. The maximum Gasteiger partial charge on any atom is 0.293 e. The smallest absolute Gasteiger partial charge is 0.293 e. The van der Waals surface area contributed by atoms with Crippen molar-refractivity contribution in [3.63, 3.8) is 0 Å². The van der Waals surface area contributed by atoms with Gasteiger partial charge in [-0.05, 0) is 12.1 Å². The van der Waals surface area contributed by atoms with Crippen LogP contribution in [0, 0.1) is 0 Å². The molecule has 0 unspecified atom stereocenters. The fourth-order valence-corrected chi connectivity index (χ4v) is 1.43. The molecule has 0 saturated carbocycles. The Morgan fingerprint density at radius 1 is 0.938 bits per heavy atom. The Hall–Kier alpha value is -2.36. The molecule has 0 spiro atoms. The van der Waals surface area contributed by atoms with Crippen molar-refractivity contribution < 1.29 is 8.94 Å². The second-order valence-electron chi connectivity index (χ2n) is 3.27. The summed E-state index contributed by atoms with van der Waals surface area (Å²) < 4.78 is 10.3. The SMILES string of the molecule is c1ccc(-c2noc(-c3ccco3)n2)cc1. The summed E-state index contributed by atoms with van der Waals surface area (Å²) in [5.74, 6) is 1.53. The molecule has 1 aromatic carbocycles. The van der Waals surface area contributed by atoms with Crippen molar-refractivity contribution in [1.29, 1.82) is 0 Å². The van der Waals surface area contributed by atoms with Crippen molar-refractivity contribution in [1.82, 2.24) is 10.1 Å². The van der Waals surface area contributed by atoms with Crippen LogP contribution in [0.15, 0.2) is 57.7 Å². The maximum absolute atomic E-state index is 5.17. The van der Waals surface area contributed by atoms with Crippen LogP contribution in [0.4, 0.5) is 0 Å². The Morgan fingerprint density at radius 3 is 2.56 bits per heavy atom. The molecule has 4 heteroatoms. The zero-order valence-corrected chi connectivity index (χ0v) is 8.33. The van der Waals surface area contributed by atoms with Gasteiger partial charge in [0, 0.05) is 5.56 Å². The quantitative estimate of drug-likeness (QED) is 0.655. The van der Waals surface area contributed by atoms with Gasteiger partial charge in [-0.15, -0.1) is 0 Å². The summed E-state index contributed by atoms with van der Waals surface area (Å²) in [7, 11) is 0. The van der Waals surface area contributed by atoms with Crippen LogP contribution in [0.25, 0.3) is 23.0 Å². The van der Waals surface area contributed by atoms with Gasteiger partial charge in [-0.25, -0.2) is 0 Å². The lowest BCUT2D eigenvalue weighted by Crippen LogP contribution is -1.79. The zero-order valence-electron chi connectivity index (χ0n) is 8.33. The van der Waals surface area contributed by atoms with Crippen molar-refractivity contribution in [2.45, 2.75) is 0 Å². The number of hydrogen-bond donors (Lipinski definition) is 0. The molecule has 0 radical (unpaired) electrons. The van der Waals surface area contributed by atoms with Gasteiger partial charge < -0.3 is 8.94 Å². The van der Waals surface area contributed by atoms with E-state index >= 15 is 0 Å². The van der Waals surface area contributed by atoms with E-state index in [4.69, 9.17) is 8.94 Å². The van der Waals surface area contributed by atoms with Crippen molar-refractivity contribution in [2.24, 2.45) is 0 Å². The Balaban J connectivity index is 2.00. The summed E-state index contributed by atoms with van der Waals surface area (Å²) in [6.07, 6.45) is 1.57. The van der Waals surface area contributed by atoms with E-state index in [2.05, 4.69) is 10.1 Å². The largest absolute Gasteiger partial charge is 0.459 e. The fraction of sp³-hybridized carbons (Fsp3) is 0. The van der Waals surface area contributed by atoms with E-state index in [9.17, 15) is 0 Å². The molecule has 0 saturated heterocycles. The van der Waals surface area contributed by atoms with Gasteiger partial charge in [-0.1, -0.05) is 35.5 Å². The van der Waals surface area contributed by atoms with E-state index in [-0.39, 0.29) is 0 Å². The number of rotatable bonds is 2. The molecule has 2 aromatic heterocycles. The highest BCUT2D eigenvalue weighted by molar-refractivity contribution is 5.56. The first kappa shape index (κ1) is 8.91. The number of aromatic nitrogens is 2. The molecule has 0 N–H and O–H groups in total. The Bertz CT molecular complexity index is 570. The Morgan fingerprint density at radius 2 is 1.81 bits per heavy atom. The third-order valence-electron chi connectivity index (χ3n) is 2.19. The molecule has 3 rings (SSSR count). The molecule has 4 nitrogen and oxygen atoms in total. The van der Waals surface area contributed by atoms with Gasteiger partial charge in [0.1, 0.15) is 0 Å². The number of furan rings is 1. The molecule has 78 valence electrons. The van der Waals surface area contributed by atoms with Gasteiger partial charge in [-0.2, -0.15) is 4.98 Å². The predicted octanol–water partition coefficient (Wildman–Crippen LogP) is 3.00. The van der Waals surface area contributed by atoms with Crippen molar-refractivity contribution >= 4 is 0 Å². The monoisotopic (exact) mass is 212 g/mol. The minimum absolute atomic E-state index is 0.392. The fourth-order valence-electron chi connectivity index (χ4n) is 1.43. The minimum atomic E-state index is 0.392. The standard InChI is InChI=1S/C12H8N2O2/c1-2-5-9(6-3-1)11-13-12(16-14-11)10-7-4-8-15-10/h1-8H. The van der Waals surface area contributed by atoms with Crippen LogP contribution in [0.5, 0.6) is 0 Å². The summed E-state index contributed by atoms with van der Waals surface area (Å²) in [6, 6.07) is 13.2. The molecular weight excluding hydrogens is 204 g/mol. The van der Waals surface area contributed by atoms with E-state index in [0.29, 0.717) is 17.5 Å². The lowest BCUT2D eigenvalue weighted by Gasteiger charge is -1.90. The second-order valence-corrected chi connectivity index (χ2v) is 3.27. The normalized spacial score (nSPS) is 10.5. The molecular formula is C12H8N2O2. The van der Waals surface area contributed by atoms with Crippen molar-refractivity contribution in [3.8, 4) is 23.0 Å². The third-order valence-corrected chi connectivity index (χ3v) is 2.19. The van der Waals surface area contributed by atoms with Gasteiger partial charge in [0.05, 0.1) is 6.26 Å². The van der Waals surface area contributed by atoms with Crippen molar-refractivity contribution in [2.75, 3.05) is 0 Å². The maximum atomic E-state index is 5.17. The average Bonchev–Trinajstić information content (AvgIpc) is 3.01. The Labute approximate surface area is 91.5 Å². The summed E-state index contributed by atoms with van der Waals surface area (Å²) in [4.78, 5) is 4.25. The predicted molar refractivity (Wildman–Crippen MR) is 57.4 cm³/mol. The summed E-state index contributed by atoms with van der Waals surface area (Å²) in [5.41, 5.74) is 0.920. The number of benzene rings is 1. The highest BCUT2D eigenvalue weighted by Crippen LogP contribution is 2.21. The van der Waals surface area contributed by atoms with E-state index < -0.39 is 0 Å². The first-order valence-electron chi connectivity index (χ1n) is 4.86. The van der Waals surface area contributed by atoms with Gasteiger partial charge in [0.15, 0.2) is 5.76 Å². The molecule has 0 aliphatic carbocycles. The third kappa shape index (κ3) is 1.50. The topological polar surface area (TPSA) is 52.1 Å². The summed E-state index contributed by atoms with van der Waals surface area (Å²) in [5, 5.41) is 3.90. The molecule has 3 aromatic rings. The molecule has 0 aliphatic heterocycles. The van der Waals surface area contributed by atoms with Crippen molar-refractivity contribution in [3.05, 3.63) is 48.7 Å². The highest BCUT2D eigenvalue weighted by atomic mass is 16.5. The summed E-state index contributed by atoms with van der Waals surface area (Å²) >= 11 is 0. The first-order chi connectivity index (χ1) is 7.93. The summed E-state index contributed by atoms with van der Waals surface area (Å²) in [6.45, 7) is 0. The lowest BCUT2D eigenvalue weighted by atomic mass is 10.2. The van der Waals surface area contributed by atoms with Crippen LogP contribution in [0.2, 0.25) is 0 Å². The van der Waals surface area contributed by atoms with E-state index in [0.717, 1.165) is 5.56 Å². The highest BCUT2D eigenvalue weighted by Gasteiger charge is 2.11. The van der Waals surface area contributed by atoms with Gasteiger partial charge >= 0.3 is 0 Å². The molecule has 0 bridgehead atoms. The van der Waals surface area contributed by atoms with Crippen LogP contribution in [-0.2, 0) is 0 Å². The molecule has 2 heterocycles. The average molecular weight is 212 g/mol. The number of hydrogen-bond acceptors (Lipinski definition) is 4. The number of nitrogens with zero attached hydrogens (tertiary/aromatic N) is 2. The van der Waals surface area contributed by atoms with E-state index in [1.165, 1.54) is 0 Å². The molecule has 16 heavy (non-hydrogen) atoms. The van der Waals surface area contributed by atoms with E-state index in [1.807, 2.05) is 30.3 Å². The first-order valence-corrected chi connectivity index (χ1v) is 4.86. The van der Waals surface area contributed by atoms with Gasteiger partial charge in [-0.3, -0.25) is 0 Å². The lowest BCUT2D eigenvalue weighted by molar-refractivity contribution is 0.417. The van der Waals surface area contributed by atoms with Gasteiger partial charge in [0.25, 0.3) is 5.89 Å². The van der Waals surface area contributed by atoms with Crippen LogP contribution in [0.3, 0.4) is 0 Å². The van der Waals surface area contributed by atoms with Crippen LogP contribution < -0.4 is 0 Å². The van der Waals surface area contributed by atoms with Gasteiger partial charge in [0.2, 0.25) is 5.82 Å². The van der Waals surface area contributed by atoms with Crippen LogP contribution in [0.1, 0.15) is 0 Å². The molecule has 0 fully saturated rings. The van der Waals surface area contributed by atoms with Crippen LogP contribution in [-0.4, -0.2) is 10.1 Å². The van der Waals surface area contributed by atoms with Crippen LogP contribution >= 0.6 is 0 Å². The molecule has 0 atom stereocenters. The second kappa shape index (κ2) is 3.66. The minimum Gasteiger partial charge on any atom is -0.459 e. The molecule has 0 aliphatic rings.